The van der Waals surface area contributed by atoms with Crippen LogP contribution < -0.4 is 4.74 Å². The SMILES string of the molecule is CC(C)(C#N)CCOc1ccc(F)c(Cl)c1. The van der Waals surface area contributed by atoms with Gasteiger partial charge in [0.2, 0.25) is 0 Å². The second-order valence-corrected chi connectivity index (χ2v) is 4.58. The maximum Gasteiger partial charge on any atom is 0.142 e. The molecule has 0 spiro atoms. The first-order valence-corrected chi connectivity index (χ1v) is 5.31. The Kier molecular flexibility index (Phi) is 4.14. The summed E-state index contributed by atoms with van der Waals surface area (Å²) in [4.78, 5) is 0. The molecule has 0 saturated carbocycles. The summed E-state index contributed by atoms with van der Waals surface area (Å²) < 4.78 is 18.2. The van der Waals surface area contributed by atoms with E-state index in [4.69, 9.17) is 21.6 Å². The lowest BCUT2D eigenvalue weighted by molar-refractivity contribution is 0.264. The highest BCUT2D eigenvalue weighted by atomic mass is 35.5. The van der Waals surface area contributed by atoms with Crippen molar-refractivity contribution in [1.82, 2.24) is 0 Å². The lowest BCUT2D eigenvalue weighted by atomic mass is 9.92. The van der Waals surface area contributed by atoms with Gasteiger partial charge < -0.3 is 4.74 Å². The summed E-state index contributed by atoms with van der Waals surface area (Å²) in [5.74, 6) is 0.0477. The maximum atomic E-state index is 12.8. The topological polar surface area (TPSA) is 33.0 Å². The lowest BCUT2D eigenvalue weighted by Crippen LogP contribution is -2.13. The van der Waals surface area contributed by atoms with Crippen LogP contribution in [0.2, 0.25) is 5.02 Å². The zero-order valence-electron chi connectivity index (χ0n) is 9.26. The number of nitriles is 1. The molecule has 0 aliphatic heterocycles. The van der Waals surface area contributed by atoms with E-state index in [-0.39, 0.29) is 5.02 Å². The summed E-state index contributed by atoms with van der Waals surface area (Å²) in [6, 6.07) is 6.38. The standard InChI is InChI=1S/C12H13ClFNO/c1-12(2,8-15)5-6-16-9-3-4-11(14)10(13)7-9/h3-4,7H,5-6H2,1-2H3. The molecule has 1 rings (SSSR count). The first-order valence-electron chi connectivity index (χ1n) is 4.94. The average molecular weight is 242 g/mol. The van der Waals surface area contributed by atoms with E-state index in [9.17, 15) is 4.39 Å². The number of hydrogen-bond donors (Lipinski definition) is 0. The second-order valence-electron chi connectivity index (χ2n) is 4.17. The molecule has 16 heavy (non-hydrogen) atoms. The van der Waals surface area contributed by atoms with Gasteiger partial charge in [0.05, 0.1) is 23.1 Å². The largest absolute Gasteiger partial charge is 0.493 e. The number of halogens is 2. The van der Waals surface area contributed by atoms with Gasteiger partial charge in [-0.3, -0.25) is 0 Å². The van der Waals surface area contributed by atoms with E-state index < -0.39 is 11.2 Å². The Hall–Kier alpha value is -1.27. The molecule has 0 heterocycles. The van der Waals surface area contributed by atoms with E-state index in [2.05, 4.69) is 6.07 Å². The van der Waals surface area contributed by atoms with Crippen molar-refractivity contribution in [3.63, 3.8) is 0 Å². The van der Waals surface area contributed by atoms with E-state index >= 15 is 0 Å². The summed E-state index contributed by atoms with van der Waals surface area (Å²) in [5.41, 5.74) is -0.413. The molecule has 0 aliphatic carbocycles. The van der Waals surface area contributed by atoms with Gasteiger partial charge in [-0.25, -0.2) is 4.39 Å². The van der Waals surface area contributed by atoms with Gasteiger partial charge in [0.1, 0.15) is 11.6 Å². The Labute approximate surface area is 99.6 Å². The number of hydrogen-bond acceptors (Lipinski definition) is 2. The second kappa shape index (κ2) is 5.18. The quantitative estimate of drug-likeness (QED) is 0.803. The first kappa shape index (κ1) is 12.8. The third-order valence-electron chi connectivity index (χ3n) is 2.19. The van der Waals surface area contributed by atoms with Crippen LogP contribution in [0.3, 0.4) is 0 Å². The molecule has 2 nitrogen and oxygen atoms in total. The van der Waals surface area contributed by atoms with E-state index in [1.165, 1.54) is 18.2 Å². The number of benzene rings is 1. The summed E-state index contributed by atoms with van der Waals surface area (Å²) >= 11 is 5.60. The molecule has 1 aromatic rings. The molecule has 0 saturated heterocycles. The minimum absolute atomic E-state index is 0.0389. The molecule has 86 valence electrons. The van der Waals surface area contributed by atoms with Crippen LogP contribution in [0, 0.1) is 22.6 Å². The van der Waals surface area contributed by atoms with Gasteiger partial charge in [0, 0.05) is 6.07 Å². The van der Waals surface area contributed by atoms with Crippen molar-refractivity contribution in [2.24, 2.45) is 5.41 Å². The van der Waals surface area contributed by atoms with Gasteiger partial charge in [-0.05, 0) is 32.4 Å². The maximum absolute atomic E-state index is 12.8. The third-order valence-corrected chi connectivity index (χ3v) is 2.48. The fourth-order valence-electron chi connectivity index (χ4n) is 1.05. The van der Waals surface area contributed by atoms with Gasteiger partial charge in [-0.2, -0.15) is 5.26 Å². The van der Waals surface area contributed by atoms with Gasteiger partial charge in [-0.15, -0.1) is 0 Å². The van der Waals surface area contributed by atoms with Gasteiger partial charge >= 0.3 is 0 Å². The predicted octanol–water partition coefficient (Wildman–Crippen LogP) is 3.80. The summed E-state index contributed by atoms with van der Waals surface area (Å²) in [7, 11) is 0. The molecular weight excluding hydrogens is 229 g/mol. The van der Waals surface area contributed by atoms with Crippen molar-refractivity contribution >= 4 is 11.6 Å². The molecule has 0 aromatic heterocycles. The van der Waals surface area contributed by atoms with Gasteiger partial charge in [-0.1, -0.05) is 11.6 Å². The molecule has 0 N–H and O–H groups in total. The highest BCUT2D eigenvalue weighted by molar-refractivity contribution is 6.30. The molecule has 0 amide bonds. The summed E-state index contributed by atoms with van der Waals surface area (Å²) in [6.45, 7) is 4.09. The van der Waals surface area contributed by atoms with Crippen LogP contribution in [0.25, 0.3) is 0 Å². The van der Waals surface area contributed by atoms with Crippen molar-refractivity contribution in [3.05, 3.63) is 29.0 Å². The Bertz CT molecular complexity index is 412. The highest BCUT2D eigenvalue weighted by Gasteiger charge is 2.16. The molecule has 1 aromatic carbocycles. The molecule has 0 atom stereocenters. The predicted molar refractivity (Wildman–Crippen MR) is 60.9 cm³/mol. The molecule has 0 radical (unpaired) electrons. The molecule has 0 aliphatic rings. The smallest absolute Gasteiger partial charge is 0.142 e. The Morgan fingerprint density at radius 1 is 1.50 bits per heavy atom. The van der Waals surface area contributed by atoms with Crippen LogP contribution in [0.15, 0.2) is 18.2 Å². The van der Waals surface area contributed by atoms with Crippen LogP contribution in [-0.2, 0) is 0 Å². The fourth-order valence-corrected chi connectivity index (χ4v) is 1.22. The highest BCUT2D eigenvalue weighted by Crippen LogP contribution is 2.23. The van der Waals surface area contributed by atoms with E-state index in [0.29, 0.717) is 18.8 Å². The Balaban J connectivity index is 2.50. The number of ether oxygens (including phenoxy) is 1. The minimum Gasteiger partial charge on any atom is -0.493 e. The van der Waals surface area contributed by atoms with Crippen molar-refractivity contribution in [2.45, 2.75) is 20.3 Å². The zero-order valence-corrected chi connectivity index (χ0v) is 10.0. The molecule has 0 bridgehead atoms. The van der Waals surface area contributed by atoms with Crippen LogP contribution in [0.1, 0.15) is 20.3 Å². The fraction of sp³-hybridized carbons (Fsp3) is 0.417. The van der Waals surface area contributed by atoms with Crippen LogP contribution >= 0.6 is 11.6 Å². The number of nitrogens with zero attached hydrogens (tertiary/aromatic N) is 1. The van der Waals surface area contributed by atoms with E-state index in [1.807, 2.05) is 13.8 Å². The molecule has 0 unspecified atom stereocenters. The molecule has 0 fully saturated rings. The first-order chi connectivity index (χ1) is 7.44. The van der Waals surface area contributed by atoms with E-state index in [0.717, 1.165) is 0 Å². The minimum atomic E-state index is -0.466. The normalized spacial score (nSPS) is 10.9. The Morgan fingerprint density at radius 3 is 2.75 bits per heavy atom. The average Bonchev–Trinajstić information content (AvgIpc) is 2.23. The summed E-state index contributed by atoms with van der Waals surface area (Å²) in [6.07, 6.45) is 0.610. The lowest BCUT2D eigenvalue weighted by Gasteiger charge is -2.15. The third kappa shape index (κ3) is 3.71. The Morgan fingerprint density at radius 2 is 2.19 bits per heavy atom. The van der Waals surface area contributed by atoms with Crippen LogP contribution in [0.5, 0.6) is 5.75 Å². The number of rotatable bonds is 4. The van der Waals surface area contributed by atoms with Gasteiger partial charge in [0.25, 0.3) is 0 Å². The van der Waals surface area contributed by atoms with Crippen molar-refractivity contribution in [3.8, 4) is 11.8 Å². The van der Waals surface area contributed by atoms with Crippen molar-refractivity contribution in [2.75, 3.05) is 6.61 Å². The molecule has 4 heteroatoms. The molecular formula is C12H13ClFNO. The van der Waals surface area contributed by atoms with Gasteiger partial charge in [0.15, 0.2) is 0 Å². The van der Waals surface area contributed by atoms with E-state index in [1.54, 1.807) is 0 Å². The summed E-state index contributed by atoms with van der Waals surface area (Å²) in [5, 5.41) is 8.83. The monoisotopic (exact) mass is 241 g/mol. The van der Waals surface area contributed by atoms with Crippen LogP contribution in [0.4, 0.5) is 4.39 Å². The van der Waals surface area contributed by atoms with Crippen molar-refractivity contribution in [1.29, 1.82) is 5.26 Å². The van der Waals surface area contributed by atoms with Crippen molar-refractivity contribution < 1.29 is 9.13 Å². The zero-order chi connectivity index (χ0) is 12.2. The van der Waals surface area contributed by atoms with Crippen LogP contribution in [-0.4, -0.2) is 6.61 Å².